The summed E-state index contributed by atoms with van der Waals surface area (Å²) < 4.78 is 7.38. The van der Waals surface area contributed by atoms with Gasteiger partial charge in [0.15, 0.2) is 0 Å². The lowest BCUT2D eigenvalue weighted by molar-refractivity contribution is 0.541. The Balaban J connectivity index is 1.05. The van der Waals surface area contributed by atoms with Crippen molar-refractivity contribution in [2.24, 2.45) is 4.99 Å². The monoisotopic (exact) mass is 684 g/mol. The maximum atomic E-state index is 5.43. The van der Waals surface area contributed by atoms with Crippen LogP contribution >= 0.6 is 11.3 Å². The van der Waals surface area contributed by atoms with Gasteiger partial charge >= 0.3 is 0 Å². The van der Waals surface area contributed by atoms with Gasteiger partial charge in [-0.1, -0.05) is 109 Å². The first-order valence-corrected chi connectivity index (χ1v) is 18.6. The Morgan fingerprint density at radius 1 is 0.500 bits per heavy atom. The molecule has 0 bridgehead atoms. The SMILES string of the molecule is CN1CC=C(c2cccc(-n3c4ccccc4c4ccccc43)c2)N=C1n1c2ccccc2c2cc(-c3cccc4c3sc3ccccc34)ccc21. The highest BCUT2D eigenvalue weighted by molar-refractivity contribution is 7.26. The second-order valence-corrected chi connectivity index (χ2v) is 14.7. The van der Waals surface area contributed by atoms with Gasteiger partial charge in [0.05, 0.1) is 27.8 Å². The second kappa shape index (κ2) is 11.3. The van der Waals surface area contributed by atoms with Crippen LogP contribution in [0.25, 0.3) is 86.3 Å². The van der Waals surface area contributed by atoms with Gasteiger partial charge in [-0.15, -0.1) is 11.3 Å². The van der Waals surface area contributed by atoms with Crippen molar-refractivity contribution < 1.29 is 0 Å². The average Bonchev–Trinajstić information content (AvgIpc) is 3.86. The minimum absolute atomic E-state index is 0.758. The molecule has 11 rings (SSSR count). The van der Waals surface area contributed by atoms with E-state index >= 15 is 0 Å². The number of fused-ring (bicyclic) bond motifs is 9. The molecule has 0 amide bonds. The molecular weight excluding hydrogens is 653 g/mol. The summed E-state index contributed by atoms with van der Waals surface area (Å²) >= 11 is 1.88. The minimum atomic E-state index is 0.758. The molecule has 5 heteroatoms. The lowest BCUT2D eigenvalue weighted by Crippen LogP contribution is -2.35. The first-order chi connectivity index (χ1) is 25.7. The van der Waals surface area contributed by atoms with Crippen LogP contribution in [0.3, 0.4) is 0 Å². The fourth-order valence-electron chi connectivity index (χ4n) is 8.28. The van der Waals surface area contributed by atoms with E-state index in [0.29, 0.717) is 0 Å². The van der Waals surface area contributed by atoms with Gasteiger partial charge in [0, 0.05) is 66.6 Å². The van der Waals surface area contributed by atoms with Gasteiger partial charge < -0.3 is 9.47 Å². The average molecular weight is 685 g/mol. The summed E-state index contributed by atoms with van der Waals surface area (Å²) in [5, 5.41) is 7.62. The maximum absolute atomic E-state index is 5.43. The number of aromatic nitrogens is 2. The van der Waals surface area contributed by atoms with Crippen molar-refractivity contribution in [3.63, 3.8) is 0 Å². The van der Waals surface area contributed by atoms with Gasteiger partial charge in [0.1, 0.15) is 0 Å². The Morgan fingerprint density at radius 3 is 1.88 bits per heavy atom. The smallest absolute Gasteiger partial charge is 0.211 e. The number of para-hydroxylation sites is 3. The molecule has 0 saturated heterocycles. The van der Waals surface area contributed by atoms with Crippen LogP contribution in [0.1, 0.15) is 5.56 Å². The van der Waals surface area contributed by atoms with Gasteiger partial charge in [-0.25, -0.2) is 4.99 Å². The number of thiophene rings is 1. The Hall–Kier alpha value is -6.43. The summed E-state index contributed by atoms with van der Waals surface area (Å²) in [5.74, 6) is 0.922. The molecule has 0 radical (unpaired) electrons. The minimum Gasteiger partial charge on any atom is -0.341 e. The molecule has 4 nitrogen and oxygen atoms in total. The van der Waals surface area contributed by atoms with Gasteiger partial charge in [-0.05, 0) is 65.7 Å². The largest absolute Gasteiger partial charge is 0.341 e. The highest BCUT2D eigenvalue weighted by atomic mass is 32.1. The summed E-state index contributed by atoms with van der Waals surface area (Å²) in [6, 6.07) is 57.3. The molecule has 0 atom stereocenters. The van der Waals surface area contributed by atoms with Crippen molar-refractivity contribution in [3.8, 4) is 16.8 Å². The Bertz CT molecular complexity index is 3080. The molecule has 0 unspecified atom stereocenters. The van der Waals surface area contributed by atoms with Crippen molar-refractivity contribution in [2.45, 2.75) is 0 Å². The van der Waals surface area contributed by atoms with Crippen LogP contribution in [0.4, 0.5) is 0 Å². The number of benzene rings is 7. The van der Waals surface area contributed by atoms with E-state index in [2.05, 4.69) is 185 Å². The molecule has 1 aliphatic heterocycles. The van der Waals surface area contributed by atoms with Crippen LogP contribution in [-0.2, 0) is 0 Å². The molecule has 1 aliphatic rings. The van der Waals surface area contributed by atoms with E-state index in [1.54, 1.807) is 0 Å². The van der Waals surface area contributed by atoms with Crippen LogP contribution in [0, 0.1) is 0 Å². The van der Waals surface area contributed by atoms with Crippen molar-refractivity contribution in [2.75, 3.05) is 13.6 Å². The number of rotatable bonds is 3. The van der Waals surface area contributed by atoms with Crippen molar-refractivity contribution >= 4 is 86.8 Å². The molecule has 0 fully saturated rings. The van der Waals surface area contributed by atoms with Crippen molar-refractivity contribution in [1.29, 1.82) is 0 Å². The standard InChI is InChI=1S/C47H32N4S/c1-49-27-26-40(31-12-10-13-32(28-31)50-41-20-6-2-14-34(41)35-15-3-7-21-42(35)50)48-47(49)51-43-22-8-4-16-36(43)39-29-30(24-25-44(39)51)33-18-11-19-38-37-17-5-9-23-45(37)52-46(33)38/h2-26,28-29H,27H2,1H3. The number of nitrogens with zero attached hydrogens (tertiary/aromatic N) is 4. The molecule has 7 aromatic carbocycles. The fraction of sp³-hybridized carbons (Fsp3) is 0.0426. The van der Waals surface area contributed by atoms with Crippen molar-refractivity contribution in [3.05, 3.63) is 169 Å². The fourth-order valence-corrected chi connectivity index (χ4v) is 9.52. The maximum Gasteiger partial charge on any atom is 0.211 e. The summed E-state index contributed by atoms with van der Waals surface area (Å²) in [7, 11) is 2.14. The molecule has 0 aliphatic carbocycles. The summed E-state index contributed by atoms with van der Waals surface area (Å²) in [4.78, 5) is 7.68. The van der Waals surface area contributed by atoms with E-state index in [9.17, 15) is 0 Å². The van der Waals surface area contributed by atoms with Gasteiger partial charge in [-0.3, -0.25) is 4.57 Å². The molecule has 4 heterocycles. The first-order valence-electron chi connectivity index (χ1n) is 17.7. The summed E-state index contributed by atoms with van der Waals surface area (Å²) in [6.45, 7) is 0.758. The van der Waals surface area contributed by atoms with Gasteiger partial charge in [0.2, 0.25) is 5.96 Å². The first kappa shape index (κ1) is 29.3. The predicted octanol–water partition coefficient (Wildman–Crippen LogP) is 12.1. The third-order valence-electron chi connectivity index (χ3n) is 10.7. The topological polar surface area (TPSA) is 25.5 Å². The van der Waals surface area contributed by atoms with Crippen LogP contribution in [0.15, 0.2) is 169 Å². The molecule has 0 saturated carbocycles. The van der Waals surface area contributed by atoms with E-state index in [4.69, 9.17) is 4.99 Å². The summed E-state index contributed by atoms with van der Waals surface area (Å²) in [5.41, 5.74) is 10.4. The zero-order valence-electron chi connectivity index (χ0n) is 28.5. The van der Waals surface area contributed by atoms with E-state index < -0.39 is 0 Å². The third-order valence-corrected chi connectivity index (χ3v) is 11.9. The second-order valence-electron chi connectivity index (χ2n) is 13.7. The zero-order valence-corrected chi connectivity index (χ0v) is 29.3. The van der Waals surface area contributed by atoms with Crippen LogP contribution in [0.2, 0.25) is 0 Å². The van der Waals surface area contributed by atoms with Crippen molar-refractivity contribution in [1.82, 2.24) is 14.0 Å². The Morgan fingerprint density at radius 2 is 1.12 bits per heavy atom. The van der Waals surface area contributed by atoms with Gasteiger partial charge in [-0.2, -0.15) is 0 Å². The number of likely N-dealkylation sites (N-methyl/N-ethyl adjacent to an activating group) is 1. The Labute approximate surface area is 304 Å². The van der Waals surface area contributed by atoms with Crippen LogP contribution in [-0.4, -0.2) is 33.6 Å². The predicted molar refractivity (Wildman–Crippen MR) is 222 cm³/mol. The lowest BCUT2D eigenvalue weighted by Gasteiger charge is -2.26. The Kier molecular flexibility index (Phi) is 6.36. The molecule has 0 N–H and O–H groups in total. The lowest BCUT2D eigenvalue weighted by atomic mass is 10.0. The molecule has 3 aromatic heterocycles. The summed E-state index contributed by atoms with van der Waals surface area (Å²) in [6.07, 6.45) is 2.24. The molecular formula is C47H32N4S. The molecule has 0 spiro atoms. The number of aliphatic imine (C=N–C) groups is 1. The highest BCUT2D eigenvalue weighted by Crippen LogP contribution is 2.42. The van der Waals surface area contributed by atoms with Crippen LogP contribution < -0.4 is 0 Å². The van der Waals surface area contributed by atoms with E-state index in [1.165, 1.54) is 63.9 Å². The van der Waals surface area contributed by atoms with Crippen LogP contribution in [0.5, 0.6) is 0 Å². The molecule has 246 valence electrons. The quantitative estimate of drug-likeness (QED) is 0.182. The normalized spacial score (nSPS) is 13.6. The third kappa shape index (κ3) is 4.30. The zero-order chi connectivity index (χ0) is 34.3. The van der Waals surface area contributed by atoms with E-state index in [0.717, 1.165) is 40.5 Å². The number of hydrogen-bond acceptors (Lipinski definition) is 3. The highest BCUT2D eigenvalue weighted by Gasteiger charge is 2.22. The molecule has 52 heavy (non-hydrogen) atoms. The van der Waals surface area contributed by atoms with E-state index in [-0.39, 0.29) is 0 Å². The van der Waals surface area contributed by atoms with E-state index in [1.807, 2.05) is 11.3 Å². The van der Waals surface area contributed by atoms with Gasteiger partial charge in [0.25, 0.3) is 0 Å². The molecule has 10 aromatic rings. The number of hydrogen-bond donors (Lipinski definition) is 0.